The number of amides is 2. The van der Waals surface area contributed by atoms with Gasteiger partial charge >= 0.3 is 0 Å². The molecular formula is C24H32BrN3O4S. The third kappa shape index (κ3) is 8.16. The van der Waals surface area contributed by atoms with Crippen molar-refractivity contribution in [3.05, 3.63) is 64.6 Å². The number of nitrogens with one attached hydrogen (secondary N) is 1. The summed E-state index contributed by atoms with van der Waals surface area (Å²) in [6, 6.07) is 15.6. The van der Waals surface area contributed by atoms with Gasteiger partial charge in [-0.15, -0.1) is 0 Å². The molecule has 2 amide bonds. The number of hydrogen-bond acceptors (Lipinski definition) is 4. The van der Waals surface area contributed by atoms with E-state index in [-0.39, 0.29) is 18.5 Å². The lowest BCUT2D eigenvalue weighted by Crippen LogP contribution is -2.54. The van der Waals surface area contributed by atoms with Crippen LogP contribution < -0.4 is 9.62 Å². The summed E-state index contributed by atoms with van der Waals surface area (Å²) in [7, 11) is -3.73. The first kappa shape index (κ1) is 26.9. The molecule has 0 heterocycles. The van der Waals surface area contributed by atoms with Crippen LogP contribution in [0.25, 0.3) is 0 Å². The summed E-state index contributed by atoms with van der Waals surface area (Å²) < 4.78 is 26.9. The highest BCUT2D eigenvalue weighted by Crippen LogP contribution is 2.21. The lowest BCUT2D eigenvalue weighted by atomic mass is 10.1. The molecule has 0 saturated carbocycles. The monoisotopic (exact) mass is 537 g/mol. The first-order valence-electron chi connectivity index (χ1n) is 10.9. The van der Waals surface area contributed by atoms with E-state index < -0.39 is 22.0 Å². The molecule has 0 aliphatic heterocycles. The minimum Gasteiger partial charge on any atom is -0.352 e. The Morgan fingerprint density at radius 3 is 2.15 bits per heavy atom. The Balaban J connectivity index is 2.34. The molecular weight excluding hydrogens is 506 g/mol. The van der Waals surface area contributed by atoms with Crippen molar-refractivity contribution < 1.29 is 18.0 Å². The quantitative estimate of drug-likeness (QED) is 0.474. The van der Waals surface area contributed by atoms with E-state index in [4.69, 9.17) is 0 Å². The fourth-order valence-electron chi connectivity index (χ4n) is 3.50. The van der Waals surface area contributed by atoms with Crippen LogP contribution in [-0.4, -0.2) is 56.6 Å². The number of carbonyl (C=O) groups excluding carboxylic acids is 2. The number of sulfonamides is 1. The molecule has 2 rings (SSSR count). The van der Waals surface area contributed by atoms with Gasteiger partial charge in [0.1, 0.15) is 12.6 Å². The van der Waals surface area contributed by atoms with E-state index in [9.17, 15) is 18.0 Å². The number of nitrogens with zero attached hydrogens (tertiary/aromatic N) is 2. The largest absolute Gasteiger partial charge is 0.352 e. The Bertz CT molecular complexity index is 1030. The van der Waals surface area contributed by atoms with E-state index in [1.165, 1.54) is 4.90 Å². The van der Waals surface area contributed by atoms with Gasteiger partial charge in [-0.05, 0) is 56.5 Å². The first-order valence-corrected chi connectivity index (χ1v) is 13.5. The Morgan fingerprint density at radius 2 is 1.64 bits per heavy atom. The number of anilines is 1. The zero-order valence-corrected chi connectivity index (χ0v) is 21.9. The predicted molar refractivity (Wildman–Crippen MR) is 136 cm³/mol. The Kier molecular flexibility index (Phi) is 9.91. The molecule has 7 nitrogen and oxygen atoms in total. The van der Waals surface area contributed by atoms with Crippen molar-refractivity contribution in [2.45, 2.75) is 45.7 Å². The fraction of sp³-hybridized carbons (Fsp3) is 0.417. The van der Waals surface area contributed by atoms with Crippen molar-refractivity contribution in [1.82, 2.24) is 10.2 Å². The van der Waals surface area contributed by atoms with E-state index in [0.717, 1.165) is 20.6 Å². The molecule has 0 radical (unpaired) electrons. The number of hydrogen-bond donors (Lipinski definition) is 1. The standard InChI is InChI=1S/C24H32BrN3O4S/c1-5-22(24(30)26-18(2)3)27(16-15-19-9-7-6-8-10-19)23(29)17-28(33(4,31)32)21-13-11-20(25)12-14-21/h6-14,18,22H,5,15-17H2,1-4H3,(H,26,30)/t22-/m1/s1. The van der Waals surface area contributed by atoms with Crippen LogP contribution in [-0.2, 0) is 26.0 Å². The summed E-state index contributed by atoms with van der Waals surface area (Å²) in [5, 5.41) is 2.88. The van der Waals surface area contributed by atoms with Gasteiger partial charge in [-0.3, -0.25) is 13.9 Å². The molecule has 1 N–H and O–H groups in total. The average molecular weight is 539 g/mol. The molecule has 0 saturated heterocycles. The van der Waals surface area contributed by atoms with E-state index >= 15 is 0 Å². The maximum atomic E-state index is 13.5. The van der Waals surface area contributed by atoms with Gasteiger partial charge in [0.05, 0.1) is 11.9 Å². The van der Waals surface area contributed by atoms with Crippen LogP contribution in [0.4, 0.5) is 5.69 Å². The summed E-state index contributed by atoms with van der Waals surface area (Å²) in [6.45, 7) is 5.47. The highest BCUT2D eigenvalue weighted by atomic mass is 79.9. The van der Waals surface area contributed by atoms with Gasteiger partial charge in [0.15, 0.2) is 0 Å². The second-order valence-corrected chi connectivity index (χ2v) is 11.0. The minimum absolute atomic E-state index is 0.0760. The maximum Gasteiger partial charge on any atom is 0.244 e. The SMILES string of the molecule is CC[C@H](C(=O)NC(C)C)N(CCc1ccccc1)C(=O)CN(c1ccc(Br)cc1)S(C)(=O)=O. The van der Waals surface area contributed by atoms with Gasteiger partial charge in [0.2, 0.25) is 21.8 Å². The van der Waals surface area contributed by atoms with Gasteiger partial charge in [-0.1, -0.05) is 53.2 Å². The van der Waals surface area contributed by atoms with Crippen molar-refractivity contribution in [2.75, 3.05) is 23.7 Å². The molecule has 0 aromatic heterocycles. The van der Waals surface area contributed by atoms with Crippen LogP contribution in [0.3, 0.4) is 0 Å². The molecule has 2 aromatic rings. The molecule has 33 heavy (non-hydrogen) atoms. The molecule has 2 aromatic carbocycles. The fourth-order valence-corrected chi connectivity index (χ4v) is 4.61. The van der Waals surface area contributed by atoms with Crippen molar-refractivity contribution >= 4 is 43.5 Å². The molecule has 9 heteroatoms. The average Bonchev–Trinajstić information content (AvgIpc) is 2.75. The molecule has 1 atom stereocenters. The van der Waals surface area contributed by atoms with E-state index in [0.29, 0.717) is 25.1 Å². The predicted octanol–water partition coefficient (Wildman–Crippen LogP) is 3.59. The van der Waals surface area contributed by atoms with Gasteiger partial charge in [0.25, 0.3) is 0 Å². The van der Waals surface area contributed by atoms with Crippen LogP contribution in [0, 0.1) is 0 Å². The van der Waals surface area contributed by atoms with E-state index in [1.807, 2.05) is 51.1 Å². The third-order valence-corrected chi connectivity index (χ3v) is 6.76. The summed E-state index contributed by atoms with van der Waals surface area (Å²) >= 11 is 3.34. The highest BCUT2D eigenvalue weighted by molar-refractivity contribution is 9.10. The van der Waals surface area contributed by atoms with Gasteiger partial charge in [-0.25, -0.2) is 8.42 Å². The zero-order chi connectivity index (χ0) is 24.6. The molecule has 0 aliphatic rings. The van der Waals surface area contributed by atoms with Gasteiger partial charge < -0.3 is 10.2 Å². The number of halogens is 1. The lowest BCUT2D eigenvalue weighted by molar-refractivity contribution is -0.139. The van der Waals surface area contributed by atoms with Crippen molar-refractivity contribution in [1.29, 1.82) is 0 Å². The number of rotatable bonds is 11. The second kappa shape index (κ2) is 12.2. The van der Waals surface area contributed by atoms with Crippen molar-refractivity contribution in [3.8, 4) is 0 Å². The van der Waals surface area contributed by atoms with E-state index in [2.05, 4.69) is 21.2 Å². The minimum atomic E-state index is -3.73. The number of benzene rings is 2. The number of carbonyl (C=O) groups is 2. The summed E-state index contributed by atoms with van der Waals surface area (Å²) in [5.41, 5.74) is 1.42. The van der Waals surface area contributed by atoms with Crippen LogP contribution >= 0.6 is 15.9 Å². The molecule has 0 aliphatic carbocycles. The summed E-state index contributed by atoms with van der Waals surface area (Å²) in [6.07, 6.45) is 2.03. The lowest BCUT2D eigenvalue weighted by Gasteiger charge is -2.33. The Labute approximate surface area is 205 Å². The topological polar surface area (TPSA) is 86.8 Å². The first-order chi connectivity index (χ1) is 15.5. The molecule has 180 valence electrons. The Morgan fingerprint density at radius 1 is 1.03 bits per heavy atom. The molecule has 0 spiro atoms. The van der Waals surface area contributed by atoms with E-state index in [1.54, 1.807) is 24.3 Å². The highest BCUT2D eigenvalue weighted by Gasteiger charge is 2.31. The van der Waals surface area contributed by atoms with Gasteiger partial charge in [0, 0.05) is 17.1 Å². The van der Waals surface area contributed by atoms with Crippen molar-refractivity contribution in [3.63, 3.8) is 0 Å². The maximum absolute atomic E-state index is 13.5. The second-order valence-electron chi connectivity index (χ2n) is 8.16. The summed E-state index contributed by atoms with van der Waals surface area (Å²) in [4.78, 5) is 27.9. The Hall–Kier alpha value is -2.39. The zero-order valence-electron chi connectivity index (χ0n) is 19.5. The van der Waals surface area contributed by atoms with Crippen LogP contribution in [0.1, 0.15) is 32.8 Å². The molecule has 0 unspecified atom stereocenters. The normalized spacial score (nSPS) is 12.3. The van der Waals surface area contributed by atoms with Crippen molar-refractivity contribution in [2.24, 2.45) is 0 Å². The third-order valence-electron chi connectivity index (χ3n) is 5.09. The summed E-state index contributed by atoms with van der Waals surface area (Å²) in [5.74, 6) is -0.673. The van der Waals surface area contributed by atoms with Crippen LogP contribution in [0.5, 0.6) is 0 Å². The van der Waals surface area contributed by atoms with Crippen LogP contribution in [0.15, 0.2) is 59.1 Å². The van der Waals surface area contributed by atoms with Gasteiger partial charge in [-0.2, -0.15) is 0 Å². The molecule has 0 bridgehead atoms. The van der Waals surface area contributed by atoms with Crippen LogP contribution in [0.2, 0.25) is 0 Å². The smallest absolute Gasteiger partial charge is 0.244 e. The molecule has 0 fully saturated rings.